The summed E-state index contributed by atoms with van der Waals surface area (Å²) in [5.74, 6) is -0.201. The van der Waals surface area contributed by atoms with Gasteiger partial charge in [-0.1, -0.05) is 19.1 Å². The van der Waals surface area contributed by atoms with Gasteiger partial charge in [-0.2, -0.15) is 0 Å². The summed E-state index contributed by atoms with van der Waals surface area (Å²) in [6.45, 7) is 6.75. The van der Waals surface area contributed by atoms with E-state index in [1.807, 2.05) is 0 Å². The zero-order valence-corrected chi connectivity index (χ0v) is 13.3. The molecule has 1 saturated heterocycles. The molecule has 3 nitrogen and oxygen atoms in total. The van der Waals surface area contributed by atoms with Crippen molar-refractivity contribution >= 4 is 0 Å². The van der Waals surface area contributed by atoms with Gasteiger partial charge in [0.15, 0.2) is 0 Å². The lowest BCUT2D eigenvalue weighted by molar-refractivity contribution is 0.178. The van der Waals surface area contributed by atoms with Crippen molar-refractivity contribution in [1.29, 1.82) is 0 Å². The minimum atomic E-state index is -0.201. The van der Waals surface area contributed by atoms with Gasteiger partial charge in [0, 0.05) is 25.2 Å². The van der Waals surface area contributed by atoms with Gasteiger partial charge >= 0.3 is 0 Å². The molecule has 0 aliphatic carbocycles. The second kappa shape index (κ2) is 7.87. The fourth-order valence-corrected chi connectivity index (χ4v) is 3.16. The molecule has 1 aliphatic heterocycles. The standard InChI is InChI=1S/C17H28FN3/c1-3-16-13-20(2)10-4-11-21(16)12-9-17(19)14-5-7-15(18)8-6-14/h5-8,16-17H,3-4,9-13,19H2,1-2H3. The Hall–Kier alpha value is -0.970. The van der Waals surface area contributed by atoms with Gasteiger partial charge in [-0.05, 0) is 57.1 Å². The third-order valence-electron chi connectivity index (χ3n) is 4.52. The van der Waals surface area contributed by atoms with E-state index in [1.54, 1.807) is 12.1 Å². The third kappa shape index (κ3) is 4.77. The molecule has 0 amide bonds. The topological polar surface area (TPSA) is 32.5 Å². The quantitative estimate of drug-likeness (QED) is 0.906. The maximum absolute atomic E-state index is 13.0. The molecule has 2 atom stereocenters. The van der Waals surface area contributed by atoms with E-state index in [9.17, 15) is 4.39 Å². The molecule has 2 unspecified atom stereocenters. The summed E-state index contributed by atoms with van der Waals surface area (Å²) < 4.78 is 13.0. The van der Waals surface area contributed by atoms with Crippen LogP contribution in [0.3, 0.4) is 0 Å². The first-order valence-corrected chi connectivity index (χ1v) is 8.03. The predicted octanol–water partition coefficient (Wildman–Crippen LogP) is 2.63. The molecule has 2 rings (SSSR count). The third-order valence-corrected chi connectivity index (χ3v) is 4.52. The van der Waals surface area contributed by atoms with Crippen molar-refractivity contribution in [2.75, 3.05) is 33.2 Å². The molecule has 1 fully saturated rings. The molecule has 4 heteroatoms. The highest BCUT2D eigenvalue weighted by Crippen LogP contribution is 2.18. The zero-order valence-electron chi connectivity index (χ0n) is 13.3. The smallest absolute Gasteiger partial charge is 0.123 e. The van der Waals surface area contributed by atoms with Crippen LogP contribution in [0.4, 0.5) is 4.39 Å². The zero-order chi connectivity index (χ0) is 15.2. The van der Waals surface area contributed by atoms with Crippen molar-refractivity contribution in [2.24, 2.45) is 5.73 Å². The van der Waals surface area contributed by atoms with Crippen LogP contribution in [0.5, 0.6) is 0 Å². The van der Waals surface area contributed by atoms with Crippen molar-refractivity contribution in [3.63, 3.8) is 0 Å². The Morgan fingerprint density at radius 1 is 1.29 bits per heavy atom. The van der Waals surface area contributed by atoms with E-state index >= 15 is 0 Å². The number of hydrogen-bond acceptors (Lipinski definition) is 3. The van der Waals surface area contributed by atoms with E-state index in [2.05, 4.69) is 23.8 Å². The first kappa shape index (κ1) is 16.4. The summed E-state index contributed by atoms with van der Waals surface area (Å²) >= 11 is 0. The lowest BCUT2D eigenvalue weighted by Crippen LogP contribution is -2.40. The average Bonchev–Trinajstić information content (AvgIpc) is 2.66. The Kier molecular flexibility index (Phi) is 6.15. The normalized spacial score (nSPS) is 23.0. The Morgan fingerprint density at radius 2 is 2.00 bits per heavy atom. The molecular weight excluding hydrogens is 265 g/mol. The number of nitrogens with two attached hydrogens (primary N) is 1. The van der Waals surface area contributed by atoms with E-state index in [1.165, 1.54) is 31.5 Å². The van der Waals surface area contributed by atoms with Crippen LogP contribution in [0.15, 0.2) is 24.3 Å². The maximum Gasteiger partial charge on any atom is 0.123 e. The second-order valence-electron chi connectivity index (χ2n) is 6.16. The summed E-state index contributed by atoms with van der Waals surface area (Å²) in [5, 5.41) is 0. The van der Waals surface area contributed by atoms with Gasteiger partial charge in [0.25, 0.3) is 0 Å². The van der Waals surface area contributed by atoms with Crippen LogP contribution in [-0.4, -0.2) is 49.1 Å². The van der Waals surface area contributed by atoms with Crippen LogP contribution in [0.2, 0.25) is 0 Å². The van der Waals surface area contributed by atoms with E-state index in [4.69, 9.17) is 5.73 Å². The highest BCUT2D eigenvalue weighted by atomic mass is 19.1. The molecule has 1 heterocycles. The molecule has 0 bridgehead atoms. The van der Waals surface area contributed by atoms with Crippen LogP contribution in [0.1, 0.15) is 37.8 Å². The Bertz CT molecular complexity index is 421. The molecular formula is C17H28FN3. The van der Waals surface area contributed by atoms with Gasteiger partial charge in [-0.15, -0.1) is 0 Å². The molecule has 0 radical (unpaired) electrons. The first-order chi connectivity index (χ1) is 10.1. The van der Waals surface area contributed by atoms with E-state index in [0.29, 0.717) is 6.04 Å². The molecule has 1 aromatic carbocycles. The van der Waals surface area contributed by atoms with E-state index in [-0.39, 0.29) is 11.9 Å². The summed E-state index contributed by atoms with van der Waals surface area (Å²) in [6, 6.07) is 7.19. The van der Waals surface area contributed by atoms with Crippen molar-refractivity contribution in [3.8, 4) is 0 Å². The highest BCUT2D eigenvalue weighted by molar-refractivity contribution is 5.19. The van der Waals surface area contributed by atoms with Gasteiger partial charge in [0.2, 0.25) is 0 Å². The average molecular weight is 293 g/mol. The number of halogens is 1. The fraction of sp³-hybridized carbons (Fsp3) is 0.647. The van der Waals surface area contributed by atoms with Crippen molar-refractivity contribution < 1.29 is 4.39 Å². The Labute approximate surface area is 127 Å². The molecule has 0 spiro atoms. The summed E-state index contributed by atoms with van der Waals surface area (Å²) in [5.41, 5.74) is 7.28. The molecule has 118 valence electrons. The van der Waals surface area contributed by atoms with E-state index < -0.39 is 0 Å². The SMILES string of the molecule is CCC1CN(C)CCCN1CCC(N)c1ccc(F)cc1. The van der Waals surface area contributed by atoms with Gasteiger partial charge < -0.3 is 10.6 Å². The minimum Gasteiger partial charge on any atom is -0.324 e. The molecule has 0 saturated carbocycles. The van der Waals surface area contributed by atoms with Crippen molar-refractivity contribution in [3.05, 3.63) is 35.6 Å². The van der Waals surface area contributed by atoms with Crippen LogP contribution in [-0.2, 0) is 0 Å². The highest BCUT2D eigenvalue weighted by Gasteiger charge is 2.22. The molecule has 1 aromatic rings. The maximum atomic E-state index is 13.0. The monoisotopic (exact) mass is 293 g/mol. The molecule has 1 aliphatic rings. The molecule has 21 heavy (non-hydrogen) atoms. The van der Waals surface area contributed by atoms with Crippen LogP contribution < -0.4 is 5.73 Å². The van der Waals surface area contributed by atoms with Crippen LogP contribution in [0.25, 0.3) is 0 Å². The summed E-state index contributed by atoms with van der Waals surface area (Å²) in [6.07, 6.45) is 3.32. The predicted molar refractivity (Wildman–Crippen MR) is 85.7 cm³/mol. The molecule has 2 N–H and O–H groups in total. The first-order valence-electron chi connectivity index (χ1n) is 8.03. The molecule has 0 aromatic heterocycles. The lowest BCUT2D eigenvalue weighted by Gasteiger charge is -2.31. The minimum absolute atomic E-state index is 0.0101. The second-order valence-corrected chi connectivity index (χ2v) is 6.16. The number of nitrogens with zero attached hydrogens (tertiary/aromatic N) is 2. The van der Waals surface area contributed by atoms with Gasteiger partial charge in [0.05, 0.1) is 0 Å². The summed E-state index contributed by atoms with van der Waals surface area (Å²) in [7, 11) is 2.20. The van der Waals surface area contributed by atoms with Crippen molar-refractivity contribution in [2.45, 2.75) is 38.3 Å². The van der Waals surface area contributed by atoms with Crippen molar-refractivity contribution in [1.82, 2.24) is 9.80 Å². The largest absolute Gasteiger partial charge is 0.324 e. The Balaban J connectivity index is 1.89. The number of hydrogen-bond donors (Lipinski definition) is 1. The fourth-order valence-electron chi connectivity index (χ4n) is 3.16. The van der Waals surface area contributed by atoms with E-state index in [0.717, 1.165) is 31.6 Å². The van der Waals surface area contributed by atoms with Crippen LogP contribution >= 0.6 is 0 Å². The van der Waals surface area contributed by atoms with Gasteiger partial charge in [0.1, 0.15) is 5.82 Å². The summed E-state index contributed by atoms with van der Waals surface area (Å²) in [4.78, 5) is 5.00. The number of likely N-dealkylation sites (N-methyl/N-ethyl adjacent to an activating group) is 1. The van der Waals surface area contributed by atoms with Gasteiger partial charge in [-0.3, -0.25) is 4.90 Å². The Morgan fingerprint density at radius 3 is 2.67 bits per heavy atom. The lowest BCUT2D eigenvalue weighted by atomic mass is 10.0. The number of rotatable bonds is 5. The van der Waals surface area contributed by atoms with Crippen LogP contribution in [0, 0.1) is 5.82 Å². The van der Waals surface area contributed by atoms with Gasteiger partial charge in [-0.25, -0.2) is 4.39 Å². The number of benzene rings is 1.